The second-order valence-electron chi connectivity index (χ2n) is 9.02. The summed E-state index contributed by atoms with van der Waals surface area (Å²) in [7, 11) is 0. The van der Waals surface area contributed by atoms with Crippen LogP contribution in [0.2, 0.25) is 0 Å². The van der Waals surface area contributed by atoms with Crippen LogP contribution in [0.25, 0.3) is 0 Å². The van der Waals surface area contributed by atoms with E-state index in [4.69, 9.17) is 0 Å². The van der Waals surface area contributed by atoms with E-state index in [1.54, 1.807) is 0 Å². The Bertz CT molecular complexity index is 460. The number of hydrogen-bond donors (Lipinski definition) is 0. The third-order valence-corrected chi connectivity index (χ3v) is 8.12. The molecule has 0 aliphatic heterocycles. The van der Waals surface area contributed by atoms with Gasteiger partial charge in [-0.05, 0) is 73.5 Å². The molecule has 0 radical (unpaired) electrons. The average Bonchev–Trinajstić information content (AvgIpc) is 2.80. The van der Waals surface area contributed by atoms with Gasteiger partial charge in [-0.25, -0.2) is 4.39 Å². The number of carbonyl (C=O) groups excluding carboxylic acids is 1. The Morgan fingerprint density at radius 3 is 2.67 bits per heavy atom. The summed E-state index contributed by atoms with van der Waals surface area (Å²) in [5, 5.41) is 0. The molecule has 4 fully saturated rings. The second-order valence-corrected chi connectivity index (χ2v) is 9.02. The van der Waals surface area contributed by atoms with Crippen LogP contribution in [-0.4, -0.2) is 12.0 Å². The first-order valence-electron chi connectivity index (χ1n) is 9.12. The summed E-state index contributed by atoms with van der Waals surface area (Å²) in [5.74, 6) is 1.83. The van der Waals surface area contributed by atoms with Crippen molar-refractivity contribution in [3.8, 4) is 0 Å². The highest BCUT2D eigenvalue weighted by atomic mass is 19.1. The van der Waals surface area contributed by atoms with Gasteiger partial charge in [0.2, 0.25) is 0 Å². The summed E-state index contributed by atoms with van der Waals surface area (Å²) < 4.78 is 14.9. The van der Waals surface area contributed by atoms with Gasteiger partial charge in [-0.2, -0.15) is 0 Å². The van der Waals surface area contributed by atoms with Crippen molar-refractivity contribution in [3.05, 3.63) is 0 Å². The first-order valence-corrected chi connectivity index (χ1v) is 9.12. The van der Waals surface area contributed by atoms with Gasteiger partial charge < -0.3 is 0 Å². The molecule has 7 atom stereocenters. The zero-order valence-electron chi connectivity index (χ0n) is 13.5. The summed E-state index contributed by atoms with van der Waals surface area (Å²) >= 11 is 0. The highest BCUT2D eigenvalue weighted by Crippen LogP contribution is 2.66. The van der Waals surface area contributed by atoms with Gasteiger partial charge in [0.1, 0.15) is 12.0 Å². The molecule has 1 unspecified atom stereocenters. The zero-order chi connectivity index (χ0) is 14.8. The predicted molar refractivity (Wildman–Crippen MR) is 81.6 cm³/mol. The Hall–Kier alpha value is -0.400. The van der Waals surface area contributed by atoms with Crippen molar-refractivity contribution in [3.63, 3.8) is 0 Å². The number of rotatable bonds is 0. The number of carbonyl (C=O) groups is 1. The molecule has 0 aromatic rings. The van der Waals surface area contributed by atoms with Crippen LogP contribution in [0.3, 0.4) is 0 Å². The van der Waals surface area contributed by atoms with Crippen LogP contribution in [0.1, 0.15) is 71.6 Å². The van der Waals surface area contributed by atoms with Crippen LogP contribution in [0.5, 0.6) is 0 Å². The molecule has 2 heteroatoms. The minimum Gasteiger partial charge on any atom is -0.299 e. The molecular weight excluding hydrogens is 263 g/mol. The van der Waals surface area contributed by atoms with Gasteiger partial charge in [0, 0.05) is 6.42 Å². The second kappa shape index (κ2) is 4.55. The number of ketones is 1. The lowest BCUT2D eigenvalue weighted by molar-refractivity contribution is -0.159. The first kappa shape index (κ1) is 14.2. The van der Waals surface area contributed by atoms with E-state index in [1.165, 1.54) is 32.1 Å². The number of alkyl halides is 1. The summed E-state index contributed by atoms with van der Waals surface area (Å²) in [6, 6.07) is 0. The Morgan fingerprint density at radius 2 is 1.86 bits per heavy atom. The normalized spacial score (nSPS) is 56.5. The fourth-order valence-corrected chi connectivity index (χ4v) is 7.18. The molecule has 4 aliphatic rings. The van der Waals surface area contributed by atoms with Crippen LogP contribution in [0.4, 0.5) is 4.39 Å². The quantitative estimate of drug-likeness (QED) is 0.618. The van der Waals surface area contributed by atoms with Crippen LogP contribution >= 0.6 is 0 Å². The Labute approximate surface area is 128 Å². The van der Waals surface area contributed by atoms with Crippen LogP contribution < -0.4 is 0 Å². The summed E-state index contributed by atoms with van der Waals surface area (Å²) in [6.45, 7) is 4.71. The maximum Gasteiger partial charge on any atom is 0.139 e. The molecule has 4 saturated carbocycles. The minimum absolute atomic E-state index is 0.0401. The van der Waals surface area contributed by atoms with Crippen LogP contribution in [0, 0.1) is 34.5 Å². The van der Waals surface area contributed by atoms with Crippen molar-refractivity contribution >= 4 is 5.78 Å². The molecule has 0 amide bonds. The zero-order valence-corrected chi connectivity index (χ0v) is 13.5. The third kappa shape index (κ3) is 1.83. The number of Topliss-reactive ketones (excluding diaryl/α,β-unsaturated/α-hetero) is 1. The maximum absolute atomic E-state index is 14.9. The van der Waals surface area contributed by atoms with E-state index in [1.807, 2.05) is 0 Å². The van der Waals surface area contributed by atoms with Gasteiger partial charge in [-0.3, -0.25) is 4.79 Å². The Morgan fingerprint density at radius 1 is 1.05 bits per heavy atom. The molecule has 21 heavy (non-hydrogen) atoms. The van der Waals surface area contributed by atoms with Crippen molar-refractivity contribution < 1.29 is 9.18 Å². The van der Waals surface area contributed by atoms with E-state index in [2.05, 4.69) is 13.8 Å². The van der Waals surface area contributed by atoms with E-state index >= 15 is 0 Å². The molecule has 4 rings (SSSR count). The lowest BCUT2D eigenvalue weighted by Gasteiger charge is -2.60. The highest BCUT2D eigenvalue weighted by molar-refractivity contribution is 5.83. The molecule has 0 N–H and O–H groups in total. The van der Waals surface area contributed by atoms with Crippen LogP contribution in [-0.2, 0) is 4.79 Å². The van der Waals surface area contributed by atoms with Crippen molar-refractivity contribution in [2.75, 3.05) is 0 Å². The Kier molecular flexibility index (Phi) is 3.08. The molecule has 118 valence electrons. The monoisotopic (exact) mass is 292 g/mol. The molecule has 0 spiro atoms. The molecule has 0 aromatic heterocycles. The van der Waals surface area contributed by atoms with Crippen molar-refractivity contribution in [2.24, 2.45) is 34.5 Å². The van der Waals surface area contributed by atoms with Gasteiger partial charge in [0.05, 0.1) is 5.92 Å². The molecular formula is C19H29FO. The van der Waals surface area contributed by atoms with Gasteiger partial charge in [-0.15, -0.1) is 0 Å². The molecule has 0 bridgehead atoms. The van der Waals surface area contributed by atoms with Crippen molar-refractivity contribution in [1.82, 2.24) is 0 Å². The number of fused-ring (bicyclic) bond motifs is 5. The fourth-order valence-electron chi connectivity index (χ4n) is 7.18. The Balaban J connectivity index is 1.71. The van der Waals surface area contributed by atoms with Crippen molar-refractivity contribution in [1.29, 1.82) is 0 Å². The van der Waals surface area contributed by atoms with Gasteiger partial charge in [-0.1, -0.05) is 20.3 Å². The smallest absolute Gasteiger partial charge is 0.139 e. The summed E-state index contributed by atoms with van der Waals surface area (Å²) in [4.78, 5) is 12.4. The topological polar surface area (TPSA) is 17.1 Å². The predicted octanol–water partition coefficient (Wildman–Crippen LogP) is 4.94. The standard InChI is InChI=1S/C19H29FO/c1-18-8-3-5-13(18)12-11-15(20)17-16(21)6-4-9-19(17,2)14(12)7-10-18/h12-15,17H,3-11H2,1-2H3/t12-,13-,14-,15-,17?,18-,19+/m0/s1. The molecule has 0 saturated heterocycles. The third-order valence-electron chi connectivity index (χ3n) is 8.12. The lowest BCUT2D eigenvalue weighted by Crippen LogP contribution is -2.57. The van der Waals surface area contributed by atoms with E-state index in [9.17, 15) is 9.18 Å². The SMILES string of the molecule is C[C@@]12CCC[C@H]1[C@@H]1C[C@H](F)C3C(=O)CCC[C@]3(C)[C@H]1CC2. The summed E-state index contributed by atoms with van der Waals surface area (Å²) in [6.07, 6.45) is 9.04. The summed E-state index contributed by atoms with van der Waals surface area (Å²) in [5.41, 5.74) is 0.435. The molecule has 4 aliphatic carbocycles. The van der Waals surface area contributed by atoms with Crippen molar-refractivity contribution in [2.45, 2.75) is 77.8 Å². The first-order chi connectivity index (χ1) is 9.96. The molecule has 0 heterocycles. The van der Waals surface area contributed by atoms with Gasteiger partial charge in [0.25, 0.3) is 0 Å². The lowest BCUT2D eigenvalue weighted by atomic mass is 9.45. The minimum atomic E-state index is -0.869. The fraction of sp³-hybridized carbons (Fsp3) is 0.947. The van der Waals surface area contributed by atoms with Gasteiger partial charge >= 0.3 is 0 Å². The largest absolute Gasteiger partial charge is 0.299 e. The average molecular weight is 292 g/mol. The van der Waals surface area contributed by atoms with Crippen LogP contribution in [0.15, 0.2) is 0 Å². The molecule has 0 aromatic carbocycles. The van der Waals surface area contributed by atoms with E-state index in [0.29, 0.717) is 30.1 Å². The number of hydrogen-bond acceptors (Lipinski definition) is 1. The van der Waals surface area contributed by atoms with E-state index in [-0.39, 0.29) is 17.1 Å². The molecule has 1 nitrogen and oxygen atoms in total. The number of halogens is 1. The van der Waals surface area contributed by atoms with Gasteiger partial charge in [0.15, 0.2) is 0 Å². The maximum atomic E-state index is 14.9. The van der Waals surface area contributed by atoms with E-state index in [0.717, 1.165) is 18.8 Å². The van der Waals surface area contributed by atoms with E-state index < -0.39 is 6.17 Å². The highest BCUT2D eigenvalue weighted by Gasteiger charge is 2.61.